The molecule has 1 amide bonds. The maximum Gasteiger partial charge on any atom is 0.227 e. The maximum absolute atomic E-state index is 14.1. The van der Waals surface area contributed by atoms with Gasteiger partial charge >= 0.3 is 0 Å². The Hall–Kier alpha value is -2.47. The van der Waals surface area contributed by atoms with Crippen LogP contribution in [0.5, 0.6) is 0 Å². The normalized spacial score (nSPS) is 14.7. The van der Waals surface area contributed by atoms with E-state index in [9.17, 15) is 9.18 Å². The summed E-state index contributed by atoms with van der Waals surface area (Å²) in [4.78, 5) is 13.0. The van der Waals surface area contributed by atoms with Gasteiger partial charge in [0.1, 0.15) is 5.82 Å². The Balaban J connectivity index is 1.67. The first kappa shape index (κ1) is 14.1. The number of anilines is 1. The van der Waals surface area contributed by atoms with Crippen LogP contribution >= 0.6 is 11.3 Å². The summed E-state index contributed by atoms with van der Waals surface area (Å²) in [6, 6.07) is 7.00. The van der Waals surface area contributed by atoms with E-state index in [1.165, 1.54) is 6.07 Å². The van der Waals surface area contributed by atoms with Crippen molar-refractivity contribution in [2.75, 3.05) is 5.32 Å². The third-order valence-corrected chi connectivity index (χ3v) is 4.67. The highest BCUT2D eigenvalue weighted by atomic mass is 32.1. The molecule has 0 unspecified atom stereocenters. The van der Waals surface area contributed by atoms with Gasteiger partial charge in [-0.05, 0) is 42.5 Å². The largest absolute Gasteiger partial charge is 0.323 e. The number of H-pyrrole nitrogens is 1. The number of hydrogen-bond donors (Lipinski definition) is 2. The fraction of sp³-hybridized carbons (Fsp3) is 0.176. The summed E-state index contributed by atoms with van der Waals surface area (Å²) in [7, 11) is 0. The second-order valence-electron chi connectivity index (χ2n) is 5.60. The number of carbonyl (C=O) groups excluding carboxylic acids is 1. The van der Waals surface area contributed by atoms with Gasteiger partial charge in [0.25, 0.3) is 0 Å². The molecule has 0 saturated heterocycles. The molecule has 23 heavy (non-hydrogen) atoms. The van der Waals surface area contributed by atoms with E-state index in [1.54, 1.807) is 17.4 Å². The molecular weight excluding hydrogens is 313 g/mol. The molecule has 1 saturated carbocycles. The monoisotopic (exact) mass is 327 g/mol. The number of fused-ring (bicyclic) bond motifs is 1. The molecule has 0 spiro atoms. The summed E-state index contributed by atoms with van der Waals surface area (Å²) >= 11 is 1.63. The van der Waals surface area contributed by atoms with E-state index < -0.39 is 5.82 Å². The Morgan fingerprint density at radius 1 is 1.39 bits per heavy atom. The van der Waals surface area contributed by atoms with Crippen molar-refractivity contribution in [3.05, 3.63) is 46.0 Å². The fourth-order valence-electron chi connectivity index (χ4n) is 2.41. The van der Waals surface area contributed by atoms with Crippen LogP contribution in [-0.2, 0) is 4.79 Å². The van der Waals surface area contributed by atoms with Gasteiger partial charge in [-0.15, -0.1) is 11.3 Å². The zero-order valence-electron chi connectivity index (χ0n) is 12.2. The van der Waals surface area contributed by atoms with Crippen LogP contribution in [0, 0.1) is 11.7 Å². The van der Waals surface area contributed by atoms with E-state index in [0.29, 0.717) is 5.52 Å². The lowest BCUT2D eigenvalue weighted by Crippen LogP contribution is -2.14. The molecule has 4 nitrogen and oxygen atoms in total. The van der Waals surface area contributed by atoms with Gasteiger partial charge in [0.15, 0.2) is 0 Å². The zero-order valence-corrected chi connectivity index (χ0v) is 13.0. The lowest BCUT2D eigenvalue weighted by Gasteiger charge is -2.06. The molecule has 0 atom stereocenters. The van der Waals surface area contributed by atoms with Crippen LogP contribution in [0.3, 0.4) is 0 Å². The summed E-state index contributed by atoms with van der Waals surface area (Å²) in [5.74, 6) is -0.529. The number of benzene rings is 1. The van der Waals surface area contributed by atoms with E-state index in [4.69, 9.17) is 0 Å². The molecule has 1 aliphatic rings. The predicted octanol–water partition coefficient (Wildman–Crippen LogP) is 4.28. The minimum atomic E-state index is -0.455. The Kier molecular flexibility index (Phi) is 3.46. The molecule has 3 aromatic rings. The Morgan fingerprint density at radius 3 is 3.00 bits per heavy atom. The van der Waals surface area contributed by atoms with Gasteiger partial charge in [0.2, 0.25) is 5.91 Å². The summed E-state index contributed by atoms with van der Waals surface area (Å²) in [6.45, 7) is 0. The molecule has 2 heterocycles. The van der Waals surface area contributed by atoms with Gasteiger partial charge in [-0.25, -0.2) is 4.39 Å². The molecule has 1 aromatic carbocycles. The second-order valence-corrected chi connectivity index (χ2v) is 6.58. The third kappa shape index (κ3) is 2.90. The molecule has 2 aromatic heterocycles. The van der Waals surface area contributed by atoms with E-state index >= 15 is 0 Å². The first-order valence-electron chi connectivity index (χ1n) is 7.41. The van der Waals surface area contributed by atoms with Crippen LogP contribution in [0.15, 0.2) is 29.6 Å². The average molecular weight is 327 g/mol. The number of halogens is 1. The van der Waals surface area contributed by atoms with Crippen LogP contribution in [0.1, 0.15) is 23.4 Å². The van der Waals surface area contributed by atoms with Crippen LogP contribution in [0.4, 0.5) is 10.1 Å². The standard InChI is InChI=1S/C17H14FN3OS/c18-13-9-15-12(8-16(13)19-17(22)10-3-4-10)14(20-21-15)6-5-11-2-1-7-23-11/h1-2,5-10H,3-4H2,(H,19,22)(H,20,21). The van der Waals surface area contributed by atoms with Gasteiger partial charge in [-0.2, -0.15) is 5.10 Å². The molecular formula is C17H14FN3OS. The SMILES string of the molecule is O=C(Nc1cc2c(C=Cc3cccs3)n[nH]c2cc1F)C1CC1. The summed E-state index contributed by atoms with van der Waals surface area (Å²) in [5, 5.41) is 12.5. The smallest absolute Gasteiger partial charge is 0.227 e. The van der Waals surface area contributed by atoms with E-state index in [0.717, 1.165) is 28.8 Å². The van der Waals surface area contributed by atoms with Gasteiger partial charge in [0.05, 0.1) is 16.9 Å². The first-order valence-corrected chi connectivity index (χ1v) is 8.29. The number of nitrogens with one attached hydrogen (secondary N) is 2. The second kappa shape index (κ2) is 5.62. The quantitative estimate of drug-likeness (QED) is 0.751. The number of hydrogen-bond acceptors (Lipinski definition) is 3. The van der Waals surface area contributed by atoms with Crippen LogP contribution in [0.25, 0.3) is 23.1 Å². The fourth-order valence-corrected chi connectivity index (χ4v) is 3.03. The minimum Gasteiger partial charge on any atom is -0.323 e. The lowest BCUT2D eigenvalue weighted by molar-refractivity contribution is -0.117. The van der Waals surface area contributed by atoms with Gasteiger partial charge in [-0.1, -0.05) is 6.07 Å². The third-order valence-electron chi connectivity index (χ3n) is 3.83. The molecule has 6 heteroatoms. The average Bonchev–Trinajstić information content (AvgIpc) is 3.13. The minimum absolute atomic E-state index is 0.0349. The van der Waals surface area contributed by atoms with Crippen molar-refractivity contribution < 1.29 is 9.18 Å². The number of thiophene rings is 1. The topological polar surface area (TPSA) is 57.8 Å². The first-order chi connectivity index (χ1) is 11.2. The van der Waals surface area contributed by atoms with Gasteiger partial charge in [0, 0.05) is 22.2 Å². The van der Waals surface area contributed by atoms with Crippen LogP contribution in [0.2, 0.25) is 0 Å². The van der Waals surface area contributed by atoms with Crippen molar-refractivity contribution in [1.82, 2.24) is 10.2 Å². The predicted molar refractivity (Wildman–Crippen MR) is 90.7 cm³/mol. The molecule has 4 rings (SSSR count). The van der Waals surface area contributed by atoms with Crippen molar-refractivity contribution in [3.63, 3.8) is 0 Å². The number of nitrogens with zero attached hydrogens (tertiary/aromatic N) is 1. The van der Waals surface area contributed by atoms with E-state index in [2.05, 4.69) is 15.5 Å². The Morgan fingerprint density at radius 2 is 2.26 bits per heavy atom. The Bertz CT molecular complexity index is 894. The zero-order chi connectivity index (χ0) is 15.8. The number of amides is 1. The van der Waals surface area contributed by atoms with E-state index in [1.807, 2.05) is 29.7 Å². The van der Waals surface area contributed by atoms with Crippen molar-refractivity contribution in [2.45, 2.75) is 12.8 Å². The molecule has 1 fully saturated rings. The lowest BCUT2D eigenvalue weighted by atomic mass is 10.1. The Labute approximate surface area is 136 Å². The molecule has 0 radical (unpaired) electrons. The highest BCUT2D eigenvalue weighted by Gasteiger charge is 2.30. The van der Waals surface area contributed by atoms with E-state index in [-0.39, 0.29) is 17.5 Å². The number of aromatic amines is 1. The van der Waals surface area contributed by atoms with Crippen molar-refractivity contribution in [3.8, 4) is 0 Å². The van der Waals surface area contributed by atoms with Gasteiger partial charge < -0.3 is 5.32 Å². The number of aromatic nitrogens is 2. The molecule has 116 valence electrons. The molecule has 0 bridgehead atoms. The molecule has 2 N–H and O–H groups in total. The van der Waals surface area contributed by atoms with Crippen molar-refractivity contribution in [1.29, 1.82) is 0 Å². The number of rotatable bonds is 4. The summed E-state index contributed by atoms with van der Waals surface area (Å²) in [5.41, 5.74) is 1.54. The molecule has 1 aliphatic carbocycles. The highest BCUT2D eigenvalue weighted by Crippen LogP contribution is 2.32. The molecule has 0 aliphatic heterocycles. The van der Waals surface area contributed by atoms with Gasteiger partial charge in [-0.3, -0.25) is 9.89 Å². The van der Waals surface area contributed by atoms with Crippen LogP contribution in [-0.4, -0.2) is 16.1 Å². The maximum atomic E-state index is 14.1. The highest BCUT2D eigenvalue weighted by molar-refractivity contribution is 7.10. The van der Waals surface area contributed by atoms with Crippen LogP contribution < -0.4 is 5.32 Å². The summed E-state index contributed by atoms with van der Waals surface area (Å²) in [6.07, 6.45) is 5.62. The summed E-state index contributed by atoms with van der Waals surface area (Å²) < 4.78 is 14.1. The number of carbonyl (C=O) groups is 1. The van der Waals surface area contributed by atoms with Crippen molar-refractivity contribution in [2.24, 2.45) is 5.92 Å². The van der Waals surface area contributed by atoms with Crippen molar-refractivity contribution >= 4 is 46.0 Å².